The predicted molar refractivity (Wildman–Crippen MR) is 86.8 cm³/mol. The molecule has 0 saturated carbocycles. The smallest absolute Gasteiger partial charge is 0.387 e. The molecule has 4 rings (SSSR count). The molecule has 2 saturated heterocycles. The third kappa shape index (κ3) is 2.31. The van der Waals surface area contributed by atoms with E-state index < -0.39 is 38.2 Å². The van der Waals surface area contributed by atoms with Gasteiger partial charge in [-0.1, -0.05) is 0 Å². The van der Waals surface area contributed by atoms with Crippen molar-refractivity contribution in [1.82, 2.24) is 19.5 Å². The molecule has 0 aliphatic carbocycles. The molecule has 2 aromatic heterocycles. The summed E-state index contributed by atoms with van der Waals surface area (Å²) in [7, 11) is -1.86. The highest BCUT2D eigenvalue weighted by atomic mass is 31.1. The highest BCUT2D eigenvalue weighted by Gasteiger charge is 2.66. The lowest BCUT2D eigenvalue weighted by Gasteiger charge is -2.33. The second-order valence-electron chi connectivity index (χ2n) is 6.16. The molecule has 0 aromatic carbocycles. The van der Waals surface area contributed by atoms with Gasteiger partial charge in [0.05, 0.1) is 12.9 Å². The van der Waals surface area contributed by atoms with E-state index in [9.17, 15) is 9.67 Å². The Labute approximate surface area is 143 Å². The Morgan fingerprint density at radius 2 is 2.28 bits per heavy atom. The van der Waals surface area contributed by atoms with E-state index in [1.807, 2.05) is 0 Å². The van der Waals surface area contributed by atoms with Crippen LogP contribution in [0.25, 0.3) is 11.2 Å². The molecule has 1 unspecified atom stereocenters. The molecule has 0 radical (unpaired) electrons. The van der Waals surface area contributed by atoms with Gasteiger partial charge in [0.25, 0.3) is 0 Å². The van der Waals surface area contributed by atoms with Crippen LogP contribution in [0.2, 0.25) is 0 Å². The first-order valence-electron chi connectivity index (χ1n) is 7.64. The molecule has 2 aromatic rings. The minimum absolute atomic E-state index is 0.00534. The summed E-state index contributed by atoms with van der Waals surface area (Å²) in [6.07, 6.45) is -1.48. The number of imidazole rings is 1. The SMILES string of the molecule is C[C@H](O[P+](C)=O)[C@@]12CO[C@@H]([C@H](n3cnc4c(N)nc(N)nc43)O1)[C@@H]2O. The van der Waals surface area contributed by atoms with Gasteiger partial charge in [-0.05, 0) is 11.5 Å². The molecular weight excluding hydrogens is 351 g/mol. The highest BCUT2D eigenvalue weighted by Crippen LogP contribution is 2.49. The van der Waals surface area contributed by atoms with Crippen molar-refractivity contribution < 1.29 is 23.7 Å². The number of ether oxygens (including phenoxy) is 2. The minimum Gasteiger partial charge on any atom is -0.387 e. The van der Waals surface area contributed by atoms with Crippen LogP contribution in [0.1, 0.15) is 13.2 Å². The van der Waals surface area contributed by atoms with Gasteiger partial charge in [0, 0.05) is 0 Å². The Bertz CT molecular complexity index is 861. The third-order valence-electron chi connectivity index (χ3n) is 4.67. The van der Waals surface area contributed by atoms with E-state index in [1.165, 1.54) is 13.0 Å². The molecule has 6 atom stereocenters. The van der Waals surface area contributed by atoms with Gasteiger partial charge in [-0.3, -0.25) is 4.57 Å². The Balaban J connectivity index is 1.73. The van der Waals surface area contributed by atoms with Gasteiger partial charge in [-0.2, -0.15) is 9.97 Å². The Morgan fingerprint density at radius 3 is 3.00 bits per heavy atom. The Hall–Kier alpha value is -1.91. The first kappa shape index (κ1) is 16.6. The van der Waals surface area contributed by atoms with Gasteiger partial charge in [-0.25, -0.2) is 4.98 Å². The van der Waals surface area contributed by atoms with E-state index in [2.05, 4.69) is 15.0 Å². The maximum absolute atomic E-state index is 11.4. The lowest BCUT2D eigenvalue weighted by Crippen LogP contribution is -2.50. The number of aliphatic hydroxyl groups excluding tert-OH is 1. The number of rotatable bonds is 4. The lowest BCUT2D eigenvalue weighted by molar-refractivity contribution is -0.199. The fraction of sp³-hybridized carbons (Fsp3) is 0.615. The summed E-state index contributed by atoms with van der Waals surface area (Å²) in [5.74, 6) is 0.158. The van der Waals surface area contributed by atoms with Gasteiger partial charge >= 0.3 is 8.03 Å². The lowest BCUT2D eigenvalue weighted by atomic mass is 9.94. The van der Waals surface area contributed by atoms with Crippen LogP contribution in [0.3, 0.4) is 0 Å². The molecule has 2 aliphatic rings. The van der Waals surface area contributed by atoms with Gasteiger partial charge in [0.15, 0.2) is 30.0 Å². The fourth-order valence-electron chi connectivity index (χ4n) is 3.44. The van der Waals surface area contributed by atoms with Crippen molar-refractivity contribution in [2.75, 3.05) is 24.7 Å². The van der Waals surface area contributed by atoms with Crippen LogP contribution in [0.15, 0.2) is 6.33 Å². The summed E-state index contributed by atoms with van der Waals surface area (Å²) < 4.78 is 30.2. The van der Waals surface area contributed by atoms with Gasteiger partial charge in [-0.15, -0.1) is 4.52 Å². The van der Waals surface area contributed by atoms with Gasteiger partial charge in [0.2, 0.25) is 5.95 Å². The summed E-state index contributed by atoms with van der Waals surface area (Å²) >= 11 is 0. The number of hydrogen-bond acceptors (Lipinski definition) is 10. The zero-order valence-corrected chi connectivity index (χ0v) is 14.5. The Kier molecular flexibility index (Phi) is 3.67. The van der Waals surface area contributed by atoms with Crippen molar-refractivity contribution in [2.24, 2.45) is 0 Å². The van der Waals surface area contributed by atoms with Crippen LogP contribution in [-0.4, -0.2) is 61.8 Å². The number of fused-ring (bicyclic) bond motifs is 3. The number of nitrogen functional groups attached to an aromatic ring is 2. The van der Waals surface area contributed by atoms with Crippen LogP contribution < -0.4 is 11.5 Å². The minimum atomic E-state index is -1.86. The zero-order chi connectivity index (χ0) is 17.9. The molecule has 12 heteroatoms. The number of nitrogens with two attached hydrogens (primary N) is 2. The predicted octanol–water partition coefficient (Wildman–Crippen LogP) is -0.205. The standard InChI is InChI=1S/C13H18N6O5P/c1-5(24-25(2)21)13-3-22-7(8(13)20)11(23-13)19-4-16-6-9(14)17-12(15)18-10(6)19/h4-5,7-8,11,20H,3H2,1-2H3,(H4,14,15,17,18)/q+1/t5-,7+,8-,11+,13+/m0/s1. The average Bonchev–Trinajstić information content (AvgIpc) is 3.17. The molecule has 25 heavy (non-hydrogen) atoms. The van der Waals surface area contributed by atoms with Crippen molar-refractivity contribution in [2.45, 2.75) is 37.1 Å². The summed E-state index contributed by atoms with van der Waals surface area (Å²) in [4.78, 5) is 12.2. The summed E-state index contributed by atoms with van der Waals surface area (Å²) in [6.45, 7) is 3.27. The fourth-order valence-corrected chi connectivity index (χ4v) is 4.06. The number of hydrogen-bond donors (Lipinski definition) is 3. The van der Waals surface area contributed by atoms with Crippen molar-refractivity contribution in [3.05, 3.63) is 6.33 Å². The number of nitrogens with zero attached hydrogens (tertiary/aromatic N) is 4. The van der Waals surface area contributed by atoms with Crippen LogP contribution in [0.4, 0.5) is 11.8 Å². The molecule has 0 amide bonds. The van der Waals surface area contributed by atoms with E-state index in [1.54, 1.807) is 11.5 Å². The molecule has 5 N–H and O–H groups in total. The van der Waals surface area contributed by atoms with Crippen LogP contribution in [-0.2, 0) is 18.6 Å². The van der Waals surface area contributed by atoms with Crippen molar-refractivity contribution in [3.8, 4) is 0 Å². The Morgan fingerprint density at radius 1 is 1.52 bits per heavy atom. The number of anilines is 2. The van der Waals surface area contributed by atoms with E-state index in [-0.39, 0.29) is 18.4 Å². The average molecular weight is 369 g/mol. The maximum Gasteiger partial charge on any atom is 0.505 e. The topological polar surface area (TPSA) is 161 Å². The molecule has 11 nitrogen and oxygen atoms in total. The van der Waals surface area contributed by atoms with E-state index in [4.69, 9.17) is 25.5 Å². The normalized spacial score (nSPS) is 33.1. The van der Waals surface area contributed by atoms with Gasteiger partial charge in [0.1, 0.15) is 23.8 Å². The van der Waals surface area contributed by atoms with Crippen LogP contribution >= 0.6 is 8.03 Å². The molecule has 4 heterocycles. The van der Waals surface area contributed by atoms with E-state index in [0.717, 1.165) is 0 Å². The third-order valence-corrected chi connectivity index (χ3v) is 5.28. The summed E-state index contributed by atoms with van der Waals surface area (Å²) in [5.41, 5.74) is 11.1. The number of aromatic nitrogens is 4. The summed E-state index contributed by atoms with van der Waals surface area (Å²) in [6, 6.07) is 0. The maximum atomic E-state index is 11.4. The first-order valence-corrected chi connectivity index (χ1v) is 9.26. The molecule has 134 valence electrons. The molecule has 2 bridgehead atoms. The second-order valence-corrected chi connectivity index (χ2v) is 7.25. The monoisotopic (exact) mass is 369 g/mol. The first-order chi connectivity index (χ1) is 11.8. The van der Waals surface area contributed by atoms with Gasteiger partial charge < -0.3 is 26.0 Å². The largest absolute Gasteiger partial charge is 0.505 e. The van der Waals surface area contributed by atoms with E-state index >= 15 is 0 Å². The van der Waals surface area contributed by atoms with Crippen LogP contribution in [0.5, 0.6) is 0 Å². The highest BCUT2D eigenvalue weighted by molar-refractivity contribution is 7.38. The van der Waals surface area contributed by atoms with Crippen molar-refractivity contribution >= 4 is 31.0 Å². The molecular formula is C13H18N6O5P+. The number of aliphatic hydroxyl groups is 1. The zero-order valence-electron chi connectivity index (χ0n) is 13.6. The molecule has 0 spiro atoms. The second kappa shape index (κ2) is 5.55. The van der Waals surface area contributed by atoms with Crippen molar-refractivity contribution in [1.29, 1.82) is 0 Å². The molecule has 2 fully saturated rings. The van der Waals surface area contributed by atoms with Crippen molar-refractivity contribution in [3.63, 3.8) is 0 Å². The van der Waals surface area contributed by atoms with E-state index in [0.29, 0.717) is 11.2 Å². The summed E-state index contributed by atoms with van der Waals surface area (Å²) in [5, 5.41) is 10.7. The van der Waals surface area contributed by atoms with Crippen LogP contribution in [0, 0.1) is 0 Å². The molecule has 2 aliphatic heterocycles. The quantitative estimate of drug-likeness (QED) is 0.615.